The maximum Gasteiger partial charge on any atom is 0.193 e. The van der Waals surface area contributed by atoms with Crippen molar-refractivity contribution in [3.63, 3.8) is 0 Å². The molecule has 1 saturated heterocycles. The van der Waals surface area contributed by atoms with Crippen LogP contribution in [0, 0.1) is 5.92 Å². The molecule has 0 spiro atoms. The van der Waals surface area contributed by atoms with Crippen molar-refractivity contribution in [2.75, 3.05) is 74.3 Å². The lowest BCUT2D eigenvalue weighted by Gasteiger charge is -2.27. The van der Waals surface area contributed by atoms with E-state index in [1.165, 1.54) is 19.3 Å². The largest absolute Gasteiger partial charge is 0.383 e. The monoisotopic (exact) mass is 328 g/mol. The van der Waals surface area contributed by atoms with Crippen LogP contribution in [0.25, 0.3) is 0 Å². The molecule has 0 aromatic heterocycles. The number of guanidine groups is 1. The summed E-state index contributed by atoms with van der Waals surface area (Å²) < 4.78 is 10.5. The first-order valence-electron chi connectivity index (χ1n) is 8.84. The van der Waals surface area contributed by atoms with Gasteiger partial charge in [0.2, 0.25) is 0 Å². The van der Waals surface area contributed by atoms with Crippen LogP contribution >= 0.6 is 0 Å². The molecule has 0 amide bonds. The number of methoxy groups -OCH3 is 1. The summed E-state index contributed by atoms with van der Waals surface area (Å²) in [5.41, 5.74) is 0. The second kappa shape index (κ2) is 12.6. The quantitative estimate of drug-likeness (QED) is 0.372. The van der Waals surface area contributed by atoms with Gasteiger partial charge in [0, 0.05) is 54.1 Å². The molecule has 1 aliphatic heterocycles. The molecule has 1 N–H and O–H groups in total. The molecule has 6 heteroatoms. The maximum absolute atomic E-state index is 5.42. The van der Waals surface area contributed by atoms with Gasteiger partial charge in [-0.05, 0) is 45.2 Å². The maximum atomic E-state index is 5.42. The van der Waals surface area contributed by atoms with E-state index in [1.807, 2.05) is 7.05 Å². The average molecular weight is 329 g/mol. The molecule has 136 valence electrons. The minimum Gasteiger partial charge on any atom is -0.383 e. The Morgan fingerprint density at radius 2 is 1.96 bits per heavy atom. The third-order valence-electron chi connectivity index (χ3n) is 4.46. The van der Waals surface area contributed by atoms with E-state index in [2.05, 4.69) is 34.2 Å². The van der Waals surface area contributed by atoms with Gasteiger partial charge < -0.3 is 24.6 Å². The topological polar surface area (TPSA) is 49.3 Å². The summed E-state index contributed by atoms with van der Waals surface area (Å²) in [5.74, 6) is 1.80. The predicted octanol–water partition coefficient (Wildman–Crippen LogP) is 1.28. The third kappa shape index (κ3) is 9.13. The van der Waals surface area contributed by atoms with Crippen molar-refractivity contribution >= 4 is 5.96 Å². The lowest BCUT2D eigenvalue weighted by atomic mass is 9.96. The summed E-state index contributed by atoms with van der Waals surface area (Å²) in [6.45, 7) is 6.70. The average Bonchev–Trinajstić information content (AvgIpc) is 2.58. The fraction of sp³-hybridized carbons (Fsp3) is 0.941. The highest BCUT2D eigenvalue weighted by molar-refractivity contribution is 5.79. The zero-order valence-electron chi connectivity index (χ0n) is 15.5. The van der Waals surface area contributed by atoms with Crippen molar-refractivity contribution < 1.29 is 9.47 Å². The molecule has 0 aromatic rings. The van der Waals surface area contributed by atoms with Crippen LogP contribution in [0.5, 0.6) is 0 Å². The Morgan fingerprint density at radius 1 is 1.22 bits per heavy atom. The van der Waals surface area contributed by atoms with Crippen LogP contribution in [0.1, 0.15) is 25.7 Å². The number of likely N-dealkylation sites (N-methyl/N-ethyl adjacent to an activating group) is 1. The van der Waals surface area contributed by atoms with Crippen LogP contribution in [0.2, 0.25) is 0 Å². The van der Waals surface area contributed by atoms with Crippen molar-refractivity contribution in [1.29, 1.82) is 0 Å². The lowest BCUT2D eigenvalue weighted by Crippen LogP contribution is -2.41. The van der Waals surface area contributed by atoms with E-state index in [0.29, 0.717) is 0 Å². The summed E-state index contributed by atoms with van der Waals surface area (Å²) in [5, 5.41) is 3.46. The van der Waals surface area contributed by atoms with Gasteiger partial charge in [-0.3, -0.25) is 4.99 Å². The molecule has 1 aliphatic rings. The van der Waals surface area contributed by atoms with Gasteiger partial charge >= 0.3 is 0 Å². The molecule has 0 atom stereocenters. The van der Waals surface area contributed by atoms with Crippen molar-refractivity contribution in [2.24, 2.45) is 10.9 Å². The van der Waals surface area contributed by atoms with Crippen LogP contribution in [0.3, 0.4) is 0 Å². The van der Waals surface area contributed by atoms with Crippen molar-refractivity contribution in [2.45, 2.75) is 25.7 Å². The first kappa shape index (κ1) is 20.2. The zero-order chi connectivity index (χ0) is 16.9. The lowest BCUT2D eigenvalue weighted by molar-refractivity contribution is 0.0625. The number of ether oxygens (including phenoxy) is 2. The highest BCUT2D eigenvalue weighted by Crippen LogP contribution is 2.18. The summed E-state index contributed by atoms with van der Waals surface area (Å²) in [7, 11) is 7.86. The number of rotatable bonds is 10. The Balaban J connectivity index is 2.14. The Labute approximate surface area is 142 Å². The van der Waals surface area contributed by atoms with E-state index in [-0.39, 0.29) is 0 Å². The molecule has 23 heavy (non-hydrogen) atoms. The van der Waals surface area contributed by atoms with Gasteiger partial charge in [0.15, 0.2) is 5.96 Å². The minimum atomic E-state index is 0.792. The van der Waals surface area contributed by atoms with Gasteiger partial charge in [-0.1, -0.05) is 0 Å². The summed E-state index contributed by atoms with van der Waals surface area (Å²) in [6.07, 6.45) is 4.73. The van der Waals surface area contributed by atoms with E-state index in [4.69, 9.17) is 9.47 Å². The van der Waals surface area contributed by atoms with Gasteiger partial charge in [0.25, 0.3) is 0 Å². The summed E-state index contributed by atoms with van der Waals surface area (Å²) >= 11 is 0. The van der Waals surface area contributed by atoms with Crippen molar-refractivity contribution in [3.8, 4) is 0 Å². The Bertz CT molecular complexity index is 320. The van der Waals surface area contributed by atoms with Gasteiger partial charge in [-0.25, -0.2) is 0 Å². The first-order valence-corrected chi connectivity index (χ1v) is 8.84. The number of nitrogens with one attached hydrogen (secondary N) is 1. The van der Waals surface area contributed by atoms with Gasteiger partial charge in [0.1, 0.15) is 0 Å². The van der Waals surface area contributed by atoms with Crippen LogP contribution in [-0.2, 0) is 9.47 Å². The summed E-state index contributed by atoms with van der Waals surface area (Å²) in [6, 6.07) is 0. The van der Waals surface area contributed by atoms with Crippen LogP contribution in [-0.4, -0.2) is 90.0 Å². The first-order chi connectivity index (χ1) is 11.2. The fourth-order valence-corrected chi connectivity index (χ4v) is 2.81. The Morgan fingerprint density at radius 3 is 2.61 bits per heavy atom. The van der Waals surface area contributed by atoms with Crippen molar-refractivity contribution in [3.05, 3.63) is 0 Å². The molecule has 0 bridgehead atoms. The van der Waals surface area contributed by atoms with E-state index in [1.54, 1.807) is 7.11 Å². The van der Waals surface area contributed by atoms with Crippen LogP contribution in [0.4, 0.5) is 0 Å². The smallest absolute Gasteiger partial charge is 0.193 e. The molecule has 6 nitrogen and oxygen atoms in total. The van der Waals surface area contributed by atoms with Gasteiger partial charge in [-0.2, -0.15) is 0 Å². The molecule has 0 aromatic carbocycles. The number of nitrogens with zero attached hydrogens (tertiary/aromatic N) is 3. The third-order valence-corrected chi connectivity index (χ3v) is 4.46. The van der Waals surface area contributed by atoms with Gasteiger partial charge in [-0.15, -0.1) is 0 Å². The molecule has 1 heterocycles. The molecular formula is C17H36N4O2. The molecule has 0 radical (unpaired) electrons. The molecule has 1 rings (SSSR count). The van der Waals surface area contributed by atoms with E-state index < -0.39 is 0 Å². The fourth-order valence-electron chi connectivity index (χ4n) is 2.81. The van der Waals surface area contributed by atoms with E-state index in [0.717, 1.165) is 64.3 Å². The van der Waals surface area contributed by atoms with Crippen LogP contribution < -0.4 is 5.32 Å². The minimum absolute atomic E-state index is 0.792. The molecular weight excluding hydrogens is 292 g/mol. The van der Waals surface area contributed by atoms with Crippen LogP contribution in [0.15, 0.2) is 4.99 Å². The molecule has 0 unspecified atom stereocenters. The molecule has 0 saturated carbocycles. The standard InChI is InChI=1S/C17H36N4O2/c1-18-17(19-9-5-10-20(2)12-15-22-4)21(3)11-6-16-7-13-23-14-8-16/h16H,5-15H2,1-4H3,(H,18,19). The van der Waals surface area contributed by atoms with Crippen molar-refractivity contribution in [1.82, 2.24) is 15.1 Å². The summed E-state index contributed by atoms with van der Waals surface area (Å²) in [4.78, 5) is 8.93. The zero-order valence-corrected chi connectivity index (χ0v) is 15.5. The number of hydrogen-bond acceptors (Lipinski definition) is 4. The highest BCUT2D eigenvalue weighted by Gasteiger charge is 2.15. The van der Waals surface area contributed by atoms with Gasteiger partial charge in [0.05, 0.1) is 6.61 Å². The number of aliphatic imine (C=N–C) groups is 1. The van der Waals surface area contributed by atoms with E-state index >= 15 is 0 Å². The van der Waals surface area contributed by atoms with E-state index in [9.17, 15) is 0 Å². The molecule has 1 fully saturated rings. The Kier molecular flexibility index (Phi) is 11.0. The second-order valence-electron chi connectivity index (χ2n) is 6.39. The normalized spacial score (nSPS) is 16.8. The second-order valence-corrected chi connectivity index (χ2v) is 6.39. The predicted molar refractivity (Wildman–Crippen MR) is 96.1 cm³/mol. The number of hydrogen-bond donors (Lipinski definition) is 1. The highest BCUT2D eigenvalue weighted by atomic mass is 16.5. The SMILES string of the molecule is CN=C(NCCCN(C)CCOC)N(C)CCC1CCOCC1. The molecule has 0 aliphatic carbocycles. The Hall–Kier alpha value is -0.850.